The third-order valence-electron chi connectivity index (χ3n) is 9.21. The van der Waals surface area contributed by atoms with Crippen molar-refractivity contribution in [3.63, 3.8) is 0 Å². The lowest BCUT2D eigenvalue weighted by molar-refractivity contribution is -0.156. The maximum atomic E-state index is 13.7. The van der Waals surface area contributed by atoms with Gasteiger partial charge in [-0.15, -0.1) is 0 Å². The summed E-state index contributed by atoms with van der Waals surface area (Å²) in [5, 5.41) is 0. The quantitative estimate of drug-likeness (QED) is 0.228. The van der Waals surface area contributed by atoms with Crippen LogP contribution < -0.4 is 9.64 Å². The van der Waals surface area contributed by atoms with E-state index in [9.17, 15) is 14.4 Å². The average molecular weight is 602 g/mol. The Morgan fingerprint density at radius 2 is 1.62 bits per heavy atom. The molecule has 3 heterocycles. The van der Waals surface area contributed by atoms with Gasteiger partial charge in [0.1, 0.15) is 11.8 Å². The molecule has 3 amide bonds. The molecule has 3 aliphatic rings. The molecule has 3 aromatic carbocycles. The Morgan fingerprint density at radius 1 is 0.911 bits per heavy atom. The van der Waals surface area contributed by atoms with E-state index in [-0.39, 0.29) is 43.1 Å². The van der Waals surface area contributed by atoms with Gasteiger partial charge in [-0.05, 0) is 66.3 Å². The lowest BCUT2D eigenvalue weighted by Gasteiger charge is -2.36. The van der Waals surface area contributed by atoms with Crippen LogP contribution in [-0.4, -0.2) is 53.8 Å². The molecule has 0 aliphatic carbocycles. The number of ether oxygens (including phenoxy) is 1. The summed E-state index contributed by atoms with van der Waals surface area (Å²) in [4.78, 5) is 45.3. The van der Waals surface area contributed by atoms with Gasteiger partial charge >= 0.3 is 0 Å². The van der Waals surface area contributed by atoms with Gasteiger partial charge in [0.2, 0.25) is 5.91 Å². The van der Waals surface area contributed by atoms with Crippen LogP contribution in [-0.2, 0) is 27.5 Å². The van der Waals surface area contributed by atoms with Gasteiger partial charge in [-0.1, -0.05) is 78.9 Å². The number of carbonyl (C=O) groups is 3. The summed E-state index contributed by atoms with van der Waals surface area (Å²) in [6.45, 7) is 8.55. The first kappa shape index (κ1) is 30.1. The number of piperidine rings is 1. The number of nitrogens with zero attached hydrogens (tertiary/aromatic N) is 3. The zero-order chi connectivity index (χ0) is 31.5. The minimum atomic E-state index is -0.693. The molecule has 3 aliphatic heterocycles. The van der Waals surface area contributed by atoms with Gasteiger partial charge in [-0.3, -0.25) is 19.3 Å². The lowest BCUT2D eigenvalue weighted by atomic mass is 9.84. The van der Waals surface area contributed by atoms with E-state index in [1.54, 1.807) is 24.1 Å². The number of amides is 3. The number of benzene rings is 3. The molecular weight excluding hydrogens is 562 g/mol. The average Bonchev–Trinajstić information content (AvgIpc) is 3.34. The van der Waals surface area contributed by atoms with Gasteiger partial charge in [0.15, 0.2) is 0 Å². The SMILES string of the molecule is C=C1CN(C2CCC(=O)N(Cc3ccc(OC)cc3)C2=O)C(=O)/C1=C/C=C(\C)C1CCN(Cc2ccccc2)c2ccccc21. The van der Waals surface area contributed by atoms with Gasteiger partial charge in [-0.2, -0.15) is 0 Å². The third-order valence-corrected chi connectivity index (χ3v) is 9.21. The molecule has 2 fully saturated rings. The normalized spacial score (nSPS) is 21.5. The van der Waals surface area contributed by atoms with Crippen molar-refractivity contribution in [1.29, 1.82) is 0 Å². The van der Waals surface area contributed by atoms with Crippen LogP contribution in [0.15, 0.2) is 114 Å². The summed E-state index contributed by atoms with van der Waals surface area (Å²) < 4.78 is 5.22. The summed E-state index contributed by atoms with van der Waals surface area (Å²) in [5.74, 6) is 0.176. The molecule has 0 spiro atoms. The fraction of sp³-hybridized carbons (Fsp3) is 0.289. The Balaban J connectivity index is 1.17. The number of hydrogen-bond acceptors (Lipinski definition) is 5. The van der Waals surface area contributed by atoms with Crippen LogP contribution in [0.3, 0.4) is 0 Å². The minimum absolute atomic E-state index is 0.164. The maximum Gasteiger partial charge on any atom is 0.255 e. The molecule has 6 rings (SSSR count). The Hall–Kier alpha value is -4.91. The molecule has 2 atom stereocenters. The van der Waals surface area contributed by atoms with Gasteiger partial charge < -0.3 is 14.5 Å². The topological polar surface area (TPSA) is 70.2 Å². The highest BCUT2D eigenvalue weighted by Gasteiger charge is 2.43. The molecule has 7 nitrogen and oxygen atoms in total. The van der Waals surface area contributed by atoms with Gasteiger partial charge in [-0.25, -0.2) is 0 Å². The van der Waals surface area contributed by atoms with E-state index in [2.05, 4.69) is 66.9 Å². The first-order chi connectivity index (χ1) is 21.8. The van der Waals surface area contributed by atoms with E-state index >= 15 is 0 Å². The van der Waals surface area contributed by atoms with Crippen LogP contribution in [0.5, 0.6) is 5.75 Å². The second-order valence-corrected chi connectivity index (χ2v) is 12.1. The standard InChI is InChI=1S/C38H39N3O4/c1-26(31-21-22-39(24-28-9-5-4-6-10-28)34-12-8-7-11-33(31)34)13-18-32-27(2)23-40(37(32)43)35-19-20-36(42)41(38(35)44)25-29-14-16-30(45-3)17-15-29/h4-18,31,35H,2,19-25H2,1,3H3/b26-13+,32-18+. The highest BCUT2D eigenvalue weighted by Crippen LogP contribution is 2.40. The third kappa shape index (κ3) is 6.21. The zero-order valence-corrected chi connectivity index (χ0v) is 25.9. The molecule has 0 radical (unpaired) electrons. The Bertz CT molecular complexity index is 1670. The number of allylic oxidation sites excluding steroid dienone is 3. The van der Waals surface area contributed by atoms with Crippen LogP contribution >= 0.6 is 0 Å². The second-order valence-electron chi connectivity index (χ2n) is 12.1. The Morgan fingerprint density at radius 3 is 2.38 bits per heavy atom. The fourth-order valence-electron chi connectivity index (χ4n) is 6.70. The summed E-state index contributed by atoms with van der Waals surface area (Å²) in [6.07, 6.45) is 5.41. The van der Waals surface area contributed by atoms with E-state index < -0.39 is 6.04 Å². The number of hydrogen-bond donors (Lipinski definition) is 0. The van der Waals surface area contributed by atoms with Crippen molar-refractivity contribution in [2.45, 2.75) is 51.2 Å². The number of rotatable bonds is 8. The number of para-hydroxylation sites is 1. The maximum absolute atomic E-state index is 13.7. The number of imide groups is 1. The van der Waals surface area contributed by atoms with E-state index in [1.807, 2.05) is 30.4 Å². The van der Waals surface area contributed by atoms with E-state index in [1.165, 1.54) is 27.3 Å². The fourth-order valence-corrected chi connectivity index (χ4v) is 6.70. The van der Waals surface area contributed by atoms with Crippen LogP contribution in [0.1, 0.15) is 48.8 Å². The number of likely N-dealkylation sites (tertiary alicyclic amines) is 2. The summed E-state index contributed by atoms with van der Waals surface area (Å²) in [6, 6.07) is 25.7. The van der Waals surface area contributed by atoms with Crippen LogP contribution in [0.25, 0.3) is 0 Å². The van der Waals surface area contributed by atoms with E-state index in [4.69, 9.17) is 4.74 Å². The van der Waals surface area contributed by atoms with Crippen molar-refractivity contribution in [1.82, 2.24) is 9.80 Å². The van der Waals surface area contributed by atoms with Crippen LogP contribution in [0.2, 0.25) is 0 Å². The highest BCUT2D eigenvalue weighted by atomic mass is 16.5. The number of methoxy groups -OCH3 is 1. The van der Waals surface area contributed by atoms with Gasteiger partial charge in [0, 0.05) is 43.2 Å². The predicted molar refractivity (Wildman–Crippen MR) is 176 cm³/mol. The summed E-state index contributed by atoms with van der Waals surface area (Å²) >= 11 is 0. The molecule has 0 N–H and O–H groups in total. The van der Waals surface area contributed by atoms with Gasteiger partial charge in [0.25, 0.3) is 11.8 Å². The molecule has 2 unspecified atom stereocenters. The van der Waals surface area contributed by atoms with E-state index in [0.29, 0.717) is 23.3 Å². The van der Waals surface area contributed by atoms with Crippen molar-refractivity contribution in [3.8, 4) is 5.75 Å². The van der Waals surface area contributed by atoms with E-state index in [0.717, 1.165) is 25.1 Å². The Labute approximate surface area is 265 Å². The molecule has 3 aromatic rings. The molecule has 230 valence electrons. The van der Waals surface area contributed by atoms with Crippen molar-refractivity contribution < 1.29 is 19.1 Å². The minimum Gasteiger partial charge on any atom is -0.497 e. The van der Waals surface area contributed by atoms with Crippen molar-refractivity contribution >= 4 is 23.4 Å². The van der Waals surface area contributed by atoms with Crippen molar-refractivity contribution in [2.24, 2.45) is 0 Å². The largest absolute Gasteiger partial charge is 0.497 e. The summed E-state index contributed by atoms with van der Waals surface area (Å²) in [7, 11) is 1.59. The van der Waals surface area contributed by atoms with Crippen LogP contribution in [0.4, 0.5) is 5.69 Å². The second kappa shape index (κ2) is 13.0. The monoisotopic (exact) mass is 601 g/mol. The molecule has 0 aromatic heterocycles. The predicted octanol–water partition coefficient (Wildman–Crippen LogP) is 6.18. The number of carbonyl (C=O) groups excluding carboxylic acids is 3. The summed E-state index contributed by atoms with van der Waals surface area (Å²) in [5.41, 5.74) is 7.04. The lowest BCUT2D eigenvalue weighted by Crippen LogP contribution is -2.54. The molecule has 7 heteroatoms. The van der Waals surface area contributed by atoms with Gasteiger partial charge in [0.05, 0.1) is 13.7 Å². The molecule has 0 bridgehead atoms. The van der Waals surface area contributed by atoms with Crippen molar-refractivity contribution in [3.05, 3.63) is 131 Å². The van der Waals surface area contributed by atoms with Crippen LogP contribution in [0, 0.1) is 0 Å². The molecule has 0 saturated carbocycles. The first-order valence-corrected chi connectivity index (χ1v) is 15.6. The molecule has 45 heavy (non-hydrogen) atoms. The zero-order valence-electron chi connectivity index (χ0n) is 25.9. The smallest absolute Gasteiger partial charge is 0.255 e. The Kier molecular flexibility index (Phi) is 8.69. The number of fused-ring (bicyclic) bond motifs is 1. The first-order valence-electron chi connectivity index (χ1n) is 15.6. The highest BCUT2D eigenvalue weighted by molar-refractivity contribution is 6.07. The molecular formula is C38H39N3O4. The molecule has 2 saturated heterocycles. The van der Waals surface area contributed by atoms with Crippen molar-refractivity contribution in [2.75, 3.05) is 25.1 Å². The number of anilines is 1.